The summed E-state index contributed by atoms with van der Waals surface area (Å²) in [5.74, 6) is 1.03. The molecule has 118 valence electrons. The monoisotopic (exact) mass is 291 g/mol. The highest BCUT2D eigenvalue weighted by Gasteiger charge is 2.08. The van der Waals surface area contributed by atoms with Crippen LogP contribution in [0.3, 0.4) is 0 Å². The highest BCUT2D eigenvalue weighted by molar-refractivity contribution is 5.20. The molecule has 1 heterocycles. The van der Waals surface area contributed by atoms with Crippen molar-refractivity contribution < 1.29 is 9.15 Å². The molecule has 0 aromatic carbocycles. The van der Waals surface area contributed by atoms with Crippen molar-refractivity contribution in [1.82, 2.24) is 4.90 Å². The van der Waals surface area contributed by atoms with E-state index in [4.69, 9.17) is 9.15 Å². The van der Waals surface area contributed by atoms with Crippen LogP contribution in [-0.2, 0) is 11.3 Å². The summed E-state index contributed by atoms with van der Waals surface area (Å²) in [7, 11) is 1.72. The second kappa shape index (κ2) is 11.4. The molecule has 1 aromatic heterocycles. The zero-order chi connectivity index (χ0) is 15.3. The molecule has 0 radical (unpaired) electrons. The number of methoxy groups -OCH3 is 1. The van der Waals surface area contributed by atoms with E-state index in [2.05, 4.69) is 37.0 Å². The molecule has 0 fully saturated rings. The van der Waals surface area contributed by atoms with Gasteiger partial charge < -0.3 is 9.15 Å². The third-order valence-corrected chi connectivity index (χ3v) is 3.25. The van der Waals surface area contributed by atoms with Gasteiger partial charge in [-0.3, -0.25) is 4.90 Å². The Labute approximate surface area is 129 Å². The normalized spacial score (nSPS) is 12.7. The van der Waals surface area contributed by atoms with Crippen LogP contribution in [0.15, 0.2) is 46.6 Å². The molecular weight excluding hydrogens is 262 g/mol. The molecule has 1 rings (SSSR count). The predicted octanol–water partition coefficient (Wildman–Crippen LogP) is 4.42. The van der Waals surface area contributed by atoms with Crippen molar-refractivity contribution in [2.75, 3.05) is 26.8 Å². The first-order valence-corrected chi connectivity index (χ1v) is 7.89. The second-order valence-corrected chi connectivity index (χ2v) is 5.19. The van der Waals surface area contributed by atoms with Gasteiger partial charge in [0, 0.05) is 13.7 Å². The third-order valence-electron chi connectivity index (χ3n) is 3.25. The van der Waals surface area contributed by atoms with Crippen LogP contribution in [0, 0.1) is 0 Å². The lowest BCUT2D eigenvalue weighted by Gasteiger charge is -2.21. The number of nitrogens with zero attached hydrogens (tertiary/aromatic N) is 1. The molecule has 0 aliphatic heterocycles. The van der Waals surface area contributed by atoms with Crippen LogP contribution in [0.25, 0.3) is 0 Å². The zero-order valence-electron chi connectivity index (χ0n) is 13.7. The number of hydrogen-bond donors (Lipinski definition) is 0. The first-order valence-electron chi connectivity index (χ1n) is 7.89. The molecule has 0 saturated carbocycles. The van der Waals surface area contributed by atoms with Crippen molar-refractivity contribution in [2.45, 2.75) is 39.7 Å². The van der Waals surface area contributed by atoms with Crippen molar-refractivity contribution in [3.05, 3.63) is 48.0 Å². The number of ether oxygens (including phenoxy) is 1. The van der Waals surface area contributed by atoms with Gasteiger partial charge >= 0.3 is 0 Å². The average Bonchev–Trinajstić information content (AvgIpc) is 2.98. The molecule has 0 atom stereocenters. The van der Waals surface area contributed by atoms with Gasteiger partial charge in [-0.1, -0.05) is 38.5 Å². The van der Waals surface area contributed by atoms with Gasteiger partial charge in [0.05, 0.1) is 19.4 Å². The van der Waals surface area contributed by atoms with E-state index < -0.39 is 0 Å². The Morgan fingerprint density at radius 1 is 1.38 bits per heavy atom. The van der Waals surface area contributed by atoms with E-state index >= 15 is 0 Å². The summed E-state index contributed by atoms with van der Waals surface area (Å²) in [4.78, 5) is 2.45. The minimum Gasteiger partial charge on any atom is -0.468 e. The van der Waals surface area contributed by atoms with Crippen LogP contribution in [0.5, 0.6) is 0 Å². The van der Waals surface area contributed by atoms with Gasteiger partial charge in [0.25, 0.3) is 0 Å². The predicted molar refractivity (Wildman–Crippen MR) is 88.3 cm³/mol. The SMILES string of the molecule is CC/C=C(\C=C/COC)CN(CCCC)Cc1ccco1. The van der Waals surface area contributed by atoms with Crippen LogP contribution >= 0.6 is 0 Å². The van der Waals surface area contributed by atoms with Crippen molar-refractivity contribution >= 4 is 0 Å². The minimum absolute atomic E-state index is 0.661. The Bertz CT molecular complexity index is 407. The zero-order valence-corrected chi connectivity index (χ0v) is 13.7. The number of rotatable bonds is 11. The molecule has 1 aromatic rings. The summed E-state index contributed by atoms with van der Waals surface area (Å²) in [5.41, 5.74) is 1.34. The summed E-state index contributed by atoms with van der Waals surface area (Å²) < 4.78 is 10.6. The summed E-state index contributed by atoms with van der Waals surface area (Å²) in [6.45, 7) is 7.98. The van der Waals surface area contributed by atoms with E-state index in [9.17, 15) is 0 Å². The third kappa shape index (κ3) is 7.88. The summed E-state index contributed by atoms with van der Waals surface area (Å²) in [6.07, 6.45) is 11.8. The van der Waals surface area contributed by atoms with Crippen molar-refractivity contribution in [2.24, 2.45) is 0 Å². The molecule has 0 saturated heterocycles. The average molecular weight is 291 g/mol. The van der Waals surface area contributed by atoms with E-state index in [1.54, 1.807) is 13.4 Å². The van der Waals surface area contributed by atoms with E-state index in [1.165, 1.54) is 18.4 Å². The molecule has 3 nitrogen and oxygen atoms in total. The number of unbranched alkanes of at least 4 members (excludes halogenated alkanes) is 1. The lowest BCUT2D eigenvalue weighted by Crippen LogP contribution is -2.26. The van der Waals surface area contributed by atoms with Gasteiger partial charge in [-0.15, -0.1) is 0 Å². The molecule has 0 amide bonds. The number of allylic oxidation sites excluding steroid dienone is 1. The molecule has 0 spiro atoms. The van der Waals surface area contributed by atoms with Crippen LogP contribution in [0.1, 0.15) is 38.9 Å². The Morgan fingerprint density at radius 2 is 2.24 bits per heavy atom. The Kier molecular flexibility index (Phi) is 9.58. The Morgan fingerprint density at radius 3 is 2.86 bits per heavy atom. The smallest absolute Gasteiger partial charge is 0.117 e. The van der Waals surface area contributed by atoms with Gasteiger partial charge in [0.15, 0.2) is 0 Å². The Balaban J connectivity index is 2.64. The molecule has 0 aliphatic rings. The van der Waals surface area contributed by atoms with Crippen LogP contribution in [0.4, 0.5) is 0 Å². The summed E-state index contributed by atoms with van der Waals surface area (Å²) >= 11 is 0. The topological polar surface area (TPSA) is 25.6 Å². The van der Waals surface area contributed by atoms with E-state index in [-0.39, 0.29) is 0 Å². The number of hydrogen-bond acceptors (Lipinski definition) is 3. The second-order valence-electron chi connectivity index (χ2n) is 5.19. The van der Waals surface area contributed by atoms with Crippen molar-refractivity contribution in [1.29, 1.82) is 0 Å². The van der Waals surface area contributed by atoms with E-state index in [0.29, 0.717) is 6.61 Å². The summed E-state index contributed by atoms with van der Waals surface area (Å²) in [5, 5.41) is 0. The lowest BCUT2D eigenvalue weighted by atomic mass is 10.1. The molecule has 3 heteroatoms. The highest BCUT2D eigenvalue weighted by Crippen LogP contribution is 2.11. The fraction of sp³-hybridized carbons (Fsp3) is 0.556. The summed E-state index contributed by atoms with van der Waals surface area (Å²) in [6, 6.07) is 4.00. The molecule has 0 aliphatic carbocycles. The Hall–Kier alpha value is -1.32. The van der Waals surface area contributed by atoms with Crippen LogP contribution < -0.4 is 0 Å². The highest BCUT2D eigenvalue weighted by atomic mass is 16.5. The fourth-order valence-corrected chi connectivity index (χ4v) is 2.22. The van der Waals surface area contributed by atoms with Crippen LogP contribution in [-0.4, -0.2) is 31.7 Å². The maximum absolute atomic E-state index is 5.48. The first-order chi connectivity index (χ1) is 10.3. The van der Waals surface area contributed by atoms with Crippen molar-refractivity contribution in [3.63, 3.8) is 0 Å². The quantitative estimate of drug-likeness (QED) is 0.564. The van der Waals surface area contributed by atoms with Gasteiger partial charge in [0.1, 0.15) is 5.76 Å². The van der Waals surface area contributed by atoms with E-state index in [0.717, 1.165) is 31.8 Å². The number of furan rings is 1. The van der Waals surface area contributed by atoms with Gasteiger partial charge in [0.2, 0.25) is 0 Å². The maximum Gasteiger partial charge on any atom is 0.117 e. The van der Waals surface area contributed by atoms with Gasteiger partial charge in [-0.05, 0) is 37.1 Å². The maximum atomic E-state index is 5.48. The molecule has 0 unspecified atom stereocenters. The van der Waals surface area contributed by atoms with Gasteiger partial charge in [-0.2, -0.15) is 0 Å². The van der Waals surface area contributed by atoms with Crippen LogP contribution in [0.2, 0.25) is 0 Å². The van der Waals surface area contributed by atoms with Crippen molar-refractivity contribution in [3.8, 4) is 0 Å². The molecule has 0 bridgehead atoms. The molecular formula is C18H29NO2. The largest absolute Gasteiger partial charge is 0.468 e. The first kappa shape index (κ1) is 17.7. The molecule has 21 heavy (non-hydrogen) atoms. The lowest BCUT2D eigenvalue weighted by molar-refractivity contribution is 0.233. The molecule has 0 N–H and O–H groups in total. The fourth-order valence-electron chi connectivity index (χ4n) is 2.22. The minimum atomic E-state index is 0.661. The van der Waals surface area contributed by atoms with Gasteiger partial charge in [-0.25, -0.2) is 0 Å². The van der Waals surface area contributed by atoms with E-state index in [1.807, 2.05) is 12.1 Å². The standard InChI is InChI=1S/C18H29NO2/c1-4-6-12-19(16-18-11-8-14-21-18)15-17(9-5-2)10-7-13-20-3/h7-11,14H,4-6,12-13,15-16H2,1-3H3/b10-7-,17-9+.